The zero-order valence-corrected chi connectivity index (χ0v) is 18.6. The maximum atomic E-state index is 13.4. The molecule has 5 rings (SSSR count). The van der Waals surface area contributed by atoms with E-state index in [9.17, 15) is 18.0 Å². The molecule has 174 valence electrons. The molecule has 0 fully saturated rings. The molecule has 0 atom stereocenters. The number of rotatable bonds is 4. The third-order valence-corrected chi connectivity index (χ3v) is 5.60. The molecule has 0 bridgehead atoms. The summed E-state index contributed by atoms with van der Waals surface area (Å²) in [7, 11) is 0. The number of fused-ring (bicyclic) bond motifs is 1. The van der Waals surface area contributed by atoms with Crippen LogP contribution in [0.2, 0.25) is 0 Å². The maximum Gasteiger partial charge on any atom is 0.416 e. The first-order chi connectivity index (χ1) is 16.8. The Morgan fingerprint density at radius 3 is 2.46 bits per heavy atom. The highest BCUT2D eigenvalue weighted by Crippen LogP contribution is 2.32. The first-order valence-corrected chi connectivity index (χ1v) is 10.8. The molecule has 0 aliphatic heterocycles. The van der Waals surface area contributed by atoms with E-state index in [-0.39, 0.29) is 11.4 Å². The highest BCUT2D eigenvalue weighted by Gasteiger charge is 2.31. The lowest BCUT2D eigenvalue weighted by Crippen LogP contribution is -2.20. The predicted molar refractivity (Wildman–Crippen MR) is 130 cm³/mol. The number of hydrogen-bond acceptors (Lipinski definition) is 3. The SMILES string of the molecule is Cc1ccc(-n2cccc2C=Nn2c(-c3cccc(C(F)(F)F)c3)nc3ccccc3c2=O)cc1. The first-order valence-electron chi connectivity index (χ1n) is 10.8. The summed E-state index contributed by atoms with van der Waals surface area (Å²) in [6.07, 6.45) is -1.17. The minimum atomic E-state index is -4.53. The highest BCUT2D eigenvalue weighted by molar-refractivity contribution is 5.81. The summed E-state index contributed by atoms with van der Waals surface area (Å²) >= 11 is 0. The molecule has 5 aromatic rings. The van der Waals surface area contributed by atoms with Crippen molar-refractivity contribution >= 4 is 17.1 Å². The van der Waals surface area contributed by atoms with Gasteiger partial charge in [-0.25, -0.2) is 4.98 Å². The number of hydrogen-bond donors (Lipinski definition) is 0. The summed E-state index contributed by atoms with van der Waals surface area (Å²) < 4.78 is 43.0. The molecule has 5 nitrogen and oxygen atoms in total. The molecule has 0 amide bonds. The fraction of sp³-hybridized carbons (Fsp3) is 0.0741. The van der Waals surface area contributed by atoms with Gasteiger partial charge in [0, 0.05) is 17.4 Å². The predicted octanol–water partition coefficient (Wildman–Crippen LogP) is 6.06. The quantitative estimate of drug-likeness (QED) is 0.299. The molecule has 0 aliphatic rings. The third kappa shape index (κ3) is 4.38. The van der Waals surface area contributed by atoms with Gasteiger partial charge in [-0.05, 0) is 55.5 Å². The van der Waals surface area contributed by atoms with Crippen molar-refractivity contribution in [2.24, 2.45) is 5.10 Å². The summed E-state index contributed by atoms with van der Waals surface area (Å²) in [5.74, 6) is 0.0180. The normalized spacial score (nSPS) is 12.0. The number of aromatic nitrogens is 3. The average molecular weight is 472 g/mol. The van der Waals surface area contributed by atoms with Gasteiger partial charge in [0.05, 0.1) is 28.4 Å². The van der Waals surface area contributed by atoms with Crippen LogP contribution in [0.3, 0.4) is 0 Å². The van der Waals surface area contributed by atoms with Gasteiger partial charge in [-0.3, -0.25) is 4.79 Å². The molecule has 2 heterocycles. The largest absolute Gasteiger partial charge is 0.416 e. The van der Waals surface area contributed by atoms with E-state index in [1.54, 1.807) is 24.3 Å². The Balaban J connectivity index is 1.67. The van der Waals surface area contributed by atoms with E-state index in [1.165, 1.54) is 18.3 Å². The van der Waals surface area contributed by atoms with Gasteiger partial charge >= 0.3 is 6.18 Å². The molecule has 0 saturated carbocycles. The Morgan fingerprint density at radius 2 is 1.69 bits per heavy atom. The first kappa shape index (κ1) is 22.3. The summed E-state index contributed by atoms with van der Waals surface area (Å²) in [4.78, 5) is 17.8. The minimum Gasteiger partial charge on any atom is -0.316 e. The summed E-state index contributed by atoms with van der Waals surface area (Å²) in [6.45, 7) is 2.00. The van der Waals surface area contributed by atoms with E-state index in [2.05, 4.69) is 10.1 Å². The van der Waals surface area contributed by atoms with E-state index in [0.717, 1.165) is 28.1 Å². The monoisotopic (exact) mass is 472 g/mol. The van der Waals surface area contributed by atoms with Crippen LogP contribution in [-0.2, 0) is 6.18 Å². The molecular weight excluding hydrogens is 453 g/mol. The van der Waals surface area contributed by atoms with Gasteiger partial charge < -0.3 is 4.57 Å². The van der Waals surface area contributed by atoms with Gasteiger partial charge in [-0.1, -0.05) is 42.0 Å². The van der Waals surface area contributed by atoms with Crippen LogP contribution < -0.4 is 5.56 Å². The Kier molecular flexibility index (Phi) is 5.56. The van der Waals surface area contributed by atoms with Crippen LogP contribution in [0.4, 0.5) is 13.2 Å². The van der Waals surface area contributed by atoms with Gasteiger partial charge in [-0.2, -0.15) is 22.9 Å². The van der Waals surface area contributed by atoms with Crippen LogP contribution in [-0.4, -0.2) is 20.4 Å². The van der Waals surface area contributed by atoms with Crippen molar-refractivity contribution in [3.8, 4) is 17.1 Å². The van der Waals surface area contributed by atoms with Gasteiger partial charge in [0.2, 0.25) is 0 Å². The van der Waals surface area contributed by atoms with Crippen molar-refractivity contribution < 1.29 is 13.2 Å². The lowest BCUT2D eigenvalue weighted by atomic mass is 10.1. The number of halogens is 3. The molecular formula is C27H19F3N4O. The van der Waals surface area contributed by atoms with E-state index < -0.39 is 17.3 Å². The van der Waals surface area contributed by atoms with Crippen molar-refractivity contribution in [2.75, 3.05) is 0 Å². The molecule has 0 spiro atoms. The zero-order valence-electron chi connectivity index (χ0n) is 18.6. The molecule has 0 N–H and O–H groups in total. The van der Waals surface area contributed by atoms with Crippen molar-refractivity contribution in [3.63, 3.8) is 0 Å². The Bertz CT molecular complexity index is 1610. The van der Waals surface area contributed by atoms with E-state index in [1.807, 2.05) is 54.1 Å². The zero-order chi connectivity index (χ0) is 24.6. The number of benzene rings is 3. The van der Waals surface area contributed by atoms with E-state index >= 15 is 0 Å². The summed E-state index contributed by atoms with van der Waals surface area (Å²) in [5, 5.41) is 4.70. The Morgan fingerprint density at radius 1 is 0.914 bits per heavy atom. The molecule has 35 heavy (non-hydrogen) atoms. The smallest absolute Gasteiger partial charge is 0.316 e. The molecule has 2 aromatic heterocycles. The average Bonchev–Trinajstić information content (AvgIpc) is 3.32. The van der Waals surface area contributed by atoms with Gasteiger partial charge in [-0.15, -0.1) is 0 Å². The lowest BCUT2D eigenvalue weighted by molar-refractivity contribution is -0.137. The number of alkyl halides is 3. The van der Waals surface area contributed by atoms with Crippen molar-refractivity contribution in [3.05, 3.63) is 118 Å². The minimum absolute atomic E-state index is 0.0180. The second-order valence-corrected chi connectivity index (χ2v) is 8.03. The fourth-order valence-corrected chi connectivity index (χ4v) is 3.81. The molecule has 3 aromatic carbocycles. The molecule has 0 unspecified atom stereocenters. The summed E-state index contributed by atoms with van der Waals surface area (Å²) in [6, 6.07) is 23.0. The Labute approximate surface area is 198 Å². The van der Waals surface area contributed by atoms with E-state index in [4.69, 9.17) is 0 Å². The van der Waals surface area contributed by atoms with Crippen LogP contribution >= 0.6 is 0 Å². The lowest BCUT2D eigenvalue weighted by Gasteiger charge is -2.12. The Hall–Kier alpha value is -4.46. The van der Waals surface area contributed by atoms with Crippen LogP contribution in [0.15, 0.2) is 101 Å². The third-order valence-electron chi connectivity index (χ3n) is 5.60. The van der Waals surface area contributed by atoms with Gasteiger partial charge in [0.15, 0.2) is 5.82 Å². The van der Waals surface area contributed by atoms with Gasteiger partial charge in [0.1, 0.15) is 0 Å². The topological polar surface area (TPSA) is 52.2 Å². The van der Waals surface area contributed by atoms with Crippen molar-refractivity contribution in [1.82, 2.24) is 14.2 Å². The molecule has 0 saturated heterocycles. The van der Waals surface area contributed by atoms with Gasteiger partial charge in [0.25, 0.3) is 5.56 Å². The molecule has 0 radical (unpaired) electrons. The summed E-state index contributed by atoms with van der Waals surface area (Å²) in [5.41, 5.74) is 1.91. The number of aryl methyl sites for hydroxylation is 1. The van der Waals surface area contributed by atoms with Crippen LogP contribution in [0.5, 0.6) is 0 Å². The van der Waals surface area contributed by atoms with Crippen LogP contribution in [0, 0.1) is 6.92 Å². The van der Waals surface area contributed by atoms with Crippen molar-refractivity contribution in [2.45, 2.75) is 13.1 Å². The van der Waals surface area contributed by atoms with E-state index in [0.29, 0.717) is 16.6 Å². The fourth-order valence-electron chi connectivity index (χ4n) is 3.81. The van der Waals surface area contributed by atoms with Crippen LogP contribution in [0.1, 0.15) is 16.8 Å². The second kappa shape index (κ2) is 8.72. The standard InChI is InChI=1S/C27H19F3N4O/c1-18-11-13-21(14-12-18)33-15-5-8-22(33)17-31-34-25(19-6-4-7-20(16-19)27(28,29)30)32-24-10-3-2-9-23(24)26(34)35/h2-17H,1H3. The maximum absolute atomic E-state index is 13.4. The number of nitrogens with zero attached hydrogens (tertiary/aromatic N) is 4. The van der Waals surface area contributed by atoms with Crippen molar-refractivity contribution in [1.29, 1.82) is 0 Å². The number of para-hydroxylation sites is 1. The molecule has 0 aliphatic carbocycles. The van der Waals surface area contributed by atoms with Crippen LogP contribution in [0.25, 0.3) is 28.0 Å². The molecule has 8 heteroatoms. The highest BCUT2D eigenvalue weighted by atomic mass is 19.4. The second-order valence-electron chi connectivity index (χ2n) is 8.03.